The Hall–Kier alpha value is -2.63. The van der Waals surface area contributed by atoms with Gasteiger partial charge in [-0.25, -0.2) is 0 Å². The number of nitrogens with one attached hydrogen (secondary N) is 3. The van der Waals surface area contributed by atoms with Gasteiger partial charge in [-0.1, -0.05) is 12.1 Å². The Bertz CT molecular complexity index is 762. The molecule has 0 atom stereocenters. The van der Waals surface area contributed by atoms with Crippen molar-refractivity contribution in [2.24, 2.45) is 0 Å². The zero-order valence-corrected chi connectivity index (χ0v) is 14.0. The maximum atomic E-state index is 12.0. The van der Waals surface area contributed by atoms with Gasteiger partial charge in [-0.15, -0.1) is 0 Å². The van der Waals surface area contributed by atoms with E-state index < -0.39 is 0 Å². The summed E-state index contributed by atoms with van der Waals surface area (Å²) in [4.78, 5) is 24.0. The van der Waals surface area contributed by atoms with Gasteiger partial charge in [0.05, 0.1) is 0 Å². The maximum absolute atomic E-state index is 12.0. The van der Waals surface area contributed by atoms with Gasteiger partial charge in [0.25, 0.3) is 5.91 Å². The van der Waals surface area contributed by atoms with E-state index in [2.05, 4.69) is 20.8 Å². The molecule has 0 radical (unpaired) electrons. The number of hydrogen-bond acceptors (Lipinski definition) is 3. The SMILES string of the molecule is Cc1ccc(C)c(NC(=O)CCNC(=O)c2cc(C3CC3)[nH]n2)c1. The smallest absolute Gasteiger partial charge is 0.271 e. The van der Waals surface area contributed by atoms with Crippen LogP contribution < -0.4 is 10.6 Å². The first-order valence-corrected chi connectivity index (χ1v) is 8.23. The number of aromatic amines is 1. The van der Waals surface area contributed by atoms with Crippen molar-refractivity contribution in [3.63, 3.8) is 0 Å². The summed E-state index contributed by atoms with van der Waals surface area (Å²) in [6.07, 6.45) is 2.53. The molecule has 3 rings (SSSR count). The summed E-state index contributed by atoms with van der Waals surface area (Å²) >= 11 is 0. The number of nitrogens with zero attached hydrogens (tertiary/aromatic N) is 1. The van der Waals surface area contributed by atoms with Crippen LogP contribution in [0.15, 0.2) is 24.3 Å². The number of anilines is 1. The van der Waals surface area contributed by atoms with Gasteiger partial charge in [0.15, 0.2) is 0 Å². The molecule has 126 valence electrons. The molecule has 1 heterocycles. The number of rotatable bonds is 6. The van der Waals surface area contributed by atoms with Gasteiger partial charge in [0.1, 0.15) is 5.69 Å². The number of H-pyrrole nitrogens is 1. The monoisotopic (exact) mass is 326 g/mol. The number of amides is 2. The summed E-state index contributed by atoms with van der Waals surface area (Å²) < 4.78 is 0. The Morgan fingerprint density at radius 3 is 2.79 bits per heavy atom. The van der Waals surface area contributed by atoms with Gasteiger partial charge in [-0.05, 0) is 49.9 Å². The summed E-state index contributed by atoms with van der Waals surface area (Å²) in [5.41, 5.74) is 4.32. The van der Waals surface area contributed by atoms with Crippen molar-refractivity contribution < 1.29 is 9.59 Å². The lowest BCUT2D eigenvalue weighted by Crippen LogP contribution is -2.28. The zero-order chi connectivity index (χ0) is 17.1. The molecule has 1 saturated carbocycles. The lowest BCUT2D eigenvalue weighted by Gasteiger charge is -2.09. The topological polar surface area (TPSA) is 86.9 Å². The second-order valence-corrected chi connectivity index (χ2v) is 6.36. The minimum absolute atomic E-state index is 0.121. The minimum atomic E-state index is -0.252. The molecule has 1 aromatic carbocycles. The highest BCUT2D eigenvalue weighted by Crippen LogP contribution is 2.38. The van der Waals surface area contributed by atoms with Gasteiger partial charge in [-0.3, -0.25) is 14.7 Å². The average molecular weight is 326 g/mol. The first kappa shape index (κ1) is 16.2. The normalized spacial score (nSPS) is 13.6. The molecule has 0 aliphatic heterocycles. The number of carbonyl (C=O) groups is 2. The van der Waals surface area contributed by atoms with Crippen molar-refractivity contribution in [3.8, 4) is 0 Å². The van der Waals surface area contributed by atoms with E-state index in [-0.39, 0.29) is 24.8 Å². The second kappa shape index (κ2) is 6.86. The molecule has 2 aromatic rings. The number of aryl methyl sites for hydroxylation is 2. The molecule has 0 bridgehead atoms. The van der Waals surface area contributed by atoms with Crippen LogP contribution >= 0.6 is 0 Å². The molecule has 3 N–H and O–H groups in total. The van der Waals surface area contributed by atoms with Gasteiger partial charge in [-0.2, -0.15) is 5.10 Å². The largest absolute Gasteiger partial charge is 0.350 e. The summed E-state index contributed by atoms with van der Waals surface area (Å²) in [6.45, 7) is 4.21. The van der Waals surface area contributed by atoms with Crippen LogP contribution in [0.4, 0.5) is 5.69 Å². The molecule has 1 aliphatic carbocycles. The molecule has 0 saturated heterocycles. The molecule has 1 aromatic heterocycles. The van der Waals surface area contributed by atoms with E-state index in [0.29, 0.717) is 11.6 Å². The Morgan fingerprint density at radius 1 is 1.25 bits per heavy atom. The van der Waals surface area contributed by atoms with E-state index in [1.165, 1.54) is 0 Å². The van der Waals surface area contributed by atoms with Crippen LogP contribution in [0.25, 0.3) is 0 Å². The molecule has 6 heteroatoms. The Kier molecular flexibility index (Phi) is 4.64. The Balaban J connectivity index is 1.45. The van der Waals surface area contributed by atoms with E-state index in [1.807, 2.05) is 32.0 Å². The fourth-order valence-electron chi connectivity index (χ4n) is 2.52. The van der Waals surface area contributed by atoms with Crippen molar-refractivity contribution in [3.05, 3.63) is 46.8 Å². The highest BCUT2D eigenvalue weighted by atomic mass is 16.2. The van der Waals surface area contributed by atoms with Gasteiger partial charge in [0, 0.05) is 30.3 Å². The highest BCUT2D eigenvalue weighted by molar-refractivity contribution is 5.94. The lowest BCUT2D eigenvalue weighted by atomic mass is 10.1. The van der Waals surface area contributed by atoms with Crippen molar-refractivity contribution in [1.29, 1.82) is 0 Å². The first-order valence-electron chi connectivity index (χ1n) is 8.23. The van der Waals surface area contributed by atoms with Crippen LogP contribution in [0.3, 0.4) is 0 Å². The Morgan fingerprint density at radius 2 is 2.04 bits per heavy atom. The number of hydrogen-bond donors (Lipinski definition) is 3. The average Bonchev–Trinajstić information content (AvgIpc) is 3.28. The van der Waals surface area contributed by atoms with Crippen LogP contribution in [0.2, 0.25) is 0 Å². The second-order valence-electron chi connectivity index (χ2n) is 6.36. The predicted octanol–water partition coefficient (Wildman–Crippen LogP) is 2.66. The molecule has 24 heavy (non-hydrogen) atoms. The van der Waals surface area contributed by atoms with Crippen molar-refractivity contribution in [2.45, 2.75) is 39.0 Å². The highest BCUT2D eigenvalue weighted by Gasteiger charge is 2.26. The van der Waals surface area contributed by atoms with E-state index in [9.17, 15) is 9.59 Å². The van der Waals surface area contributed by atoms with E-state index in [1.54, 1.807) is 6.07 Å². The van der Waals surface area contributed by atoms with E-state index >= 15 is 0 Å². The summed E-state index contributed by atoms with van der Waals surface area (Å²) in [7, 11) is 0. The fourth-order valence-corrected chi connectivity index (χ4v) is 2.52. The Labute approximate surface area is 141 Å². The number of aromatic nitrogens is 2. The van der Waals surface area contributed by atoms with Crippen LogP contribution in [0, 0.1) is 13.8 Å². The van der Waals surface area contributed by atoms with Crippen LogP contribution in [0.5, 0.6) is 0 Å². The third kappa shape index (κ3) is 4.01. The molecule has 1 aliphatic rings. The quantitative estimate of drug-likeness (QED) is 0.762. The standard InChI is InChI=1S/C18H22N4O2/c1-11-3-4-12(2)14(9-11)20-17(23)7-8-19-18(24)16-10-15(21-22-16)13-5-6-13/h3-4,9-10,13H,5-8H2,1-2H3,(H,19,24)(H,20,23)(H,21,22). The summed E-state index contributed by atoms with van der Waals surface area (Å²) in [5, 5.41) is 12.5. The van der Waals surface area contributed by atoms with Crippen LogP contribution in [-0.4, -0.2) is 28.6 Å². The number of benzene rings is 1. The van der Waals surface area contributed by atoms with Gasteiger partial charge >= 0.3 is 0 Å². The molecular weight excluding hydrogens is 304 g/mol. The molecule has 0 unspecified atom stereocenters. The predicted molar refractivity (Wildman–Crippen MR) is 92.1 cm³/mol. The van der Waals surface area contributed by atoms with Crippen LogP contribution in [0.1, 0.15) is 52.5 Å². The van der Waals surface area contributed by atoms with Gasteiger partial charge in [0.2, 0.25) is 5.91 Å². The van der Waals surface area contributed by atoms with Gasteiger partial charge < -0.3 is 10.6 Å². The van der Waals surface area contributed by atoms with E-state index in [0.717, 1.165) is 35.3 Å². The van der Waals surface area contributed by atoms with Crippen LogP contribution in [-0.2, 0) is 4.79 Å². The summed E-state index contributed by atoms with van der Waals surface area (Å²) in [6, 6.07) is 7.71. The molecule has 1 fully saturated rings. The molecular formula is C18H22N4O2. The third-order valence-electron chi connectivity index (χ3n) is 4.15. The maximum Gasteiger partial charge on any atom is 0.271 e. The van der Waals surface area contributed by atoms with Crippen molar-refractivity contribution >= 4 is 17.5 Å². The fraction of sp³-hybridized carbons (Fsp3) is 0.389. The van der Waals surface area contributed by atoms with Crippen molar-refractivity contribution in [2.75, 3.05) is 11.9 Å². The minimum Gasteiger partial charge on any atom is -0.350 e. The number of carbonyl (C=O) groups excluding carboxylic acids is 2. The first-order chi connectivity index (χ1) is 11.5. The lowest BCUT2D eigenvalue weighted by molar-refractivity contribution is -0.116. The summed E-state index contributed by atoms with van der Waals surface area (Å²) in [5.74, 6) is 0.157. The third-order valence-corrected chi connectivity index (χ3v) is 4.15. The van der Waals surface area contributed by atoms with Crippen molar-refractivity contribution in [1.82, 2.24) is 15.5 Å². The van der Waals surface area contributed by atoms with E-state index in [4.69, 9.17) is 0 Å². The molecule has 2 amide bonds. The molecule has 6 nitrogen and oxygen atoms in total. The molecule has 0 spiro atoms. The zero-order valence-electron chi connectivity index (χ0n) is 14.0.